The van der Waals surface area contributed by atoms with Crippen LogP contribution in [0, 0.1) is 5.41 Å². The Labute approximate surface area is 224 Å². The van der Waals surface area contributed by atoms with Gasteiger partial charge in [-0.05, 0) is 46.3 Å². The lowest BCUT2D eigenvalue weighted by Crippen LogP contribution is -2.31. The summed E-state index contributed by atoms with van der Waals surface area (Å²) in [5.74, 6) is 1.37. The molecule has 2 N–H and O–H groups in total. The van der Waals surface area contributed by atoms with Gasteiger partial charge in [0.2, 0.25) is 16.8 Å². The van der Waals surface area contributed by atoms with Gasteiger partial charge in [-0.15, -0.1) is 0 Å². The normalized spacial score (nSPS) is 16.0. The quantitative estimate of drug-likeness (QED) is 0.403. The number of allylic oxidation sites excluding steroid dienone is 4. The van der Waals surface area contributed by atoms with E-state index in [-0.39, 0.29) is 13.3 Å². The number of benzene rings is 1. The van der Waals surface area contributed by atoms with Gasteiger partial charge in [0, 0.05) is 50.3 Å². The van der Waals surface area contributed by atoms with Crippen LogP contribution in [0.25, 0.3) is 0 Å². The van der Waals surface area contributed by atoms with E-state index in [2.05, 4.69) is 9.71 Å². The SMILES string of the molecule is C/C=C/C=NC1=C(C(C)=N)N=C(Sc2cc3c(cc2N(C)C)OCO3)C=C(CCNS(=O)(=O)C(C)C)C1. The first-order chi connectivity index (χ1) is 17.5. The summed E-state index contributed by atoms with van der Waals surface area (Å²) in [6.07, 6.45) is 8.30. The predicted molar refractivity (Wildman–Crippen MR) is 153 cm³/mol. The first-order valence-corrected chi connectivity index (χ1v) is 14.4. The number of anilines is 1. The van der Waals surface area contributed by atoms with Crippen LogP contribution >= 0.6 is 11.8 Å². The number of rotatable bonds is 10. The van der Waals surface area contributed by atoms with E-state index in [0.29, 0.717) is 46.5 Å². The van der Waals surface area contributed by atoms with Crippen LogP contribution in [0.5, 0.6) is 11.5 Å². The summed E-state index contributed by atoms with van der Waals surface area (Å²) in [6, 6.07) is 3.88. The summed E-state index contributed by atoms with van der Waals surface area (Å²) in [6.45, 7) is 7.35. The number of aliphatic imine (C=N–C) groups is 2. The molecule has 0 radical (unpaired) electrons. The van der Waals surface area contributed by atoms with Gasteiger partial charge in [-0.3, -0.25) is 4.99 Å². The van der Waals surface area contributed by atoms with Gasteiger partial charge in [-0.25, -0.2) is 18.1 Å². The fourth-order valence-electron chi connectivity index (χ4n) is 3.55. The molecule has 0 atom stereocenters. The summed E-state index contributed by atoms with van der Waals surface area (Å²) in [7, 11) is 0.541. The summed E-state index contributed by atoms with van der Waals surface area (Å²) in [5, 5.41) is 8.56. The topological polar surface area (TPSA) is 116 Å². The molecule has 0 amide bonds. The second-order valence-corrected chi connectivity index (χ2v) is 12.4. The fourth-order valence-corrected chi connectivity index (χ4v) is 5.37. The van der Waals surface area contributed by atoms with Crippen LogP contribution in [0.1, 0.15) is 40.5 Å². The van der Waals surface area contributed by atoms with E-state index < -0.39 is 15.3 Å². The Hall–Kier alpha value is -2.89. The molecule has 0 bridgehead atoms. The molecular formula is C26H35N5O4S2. The van der Waals surface area contributed by atoms with Crippen LogP contribution in [0.4, 0.5) is 5.69 Å². The molecule has 1 aromatic carbocycles. The highest BCUT2D eigenvalue weighted by molar-refractivity contribution is 8.14. The molecule has 37 heavy (non-hydrogen) atoms. The maximum absolute atomic E-state index is 12.3. The second-order valence-electron chi connectivity index (χ2n) is 9.06. The van der Waals surface area contributed by atoms with E-state index in [0.717, 1.165) is 16.2 Å². The van der Waals surface area contributed by atoms with Crippen molar-refractivity contribution in [1.82, 2.24) is 4.72 Å². The van der Waals surface area contributed by atoms with Crippen molar-refractivity contribution in [2.24, 2.45) is 9.98 Å². The molecule has 0 saturated carbocycles. The minimum Gasteiger partial charge on any atom is -0.454 e. The lowest BCUT2D eigenvalue weighted by atomic mass is 10.1. The van der Waals surface area contributed by atoms with Gasteiger partial charge in [0.25, 0.3) is 0 Å². The molecule has 1 aromatic rings. The highest BCUT2D eigenvalue weighted by atomic mass is 32.2. The van der Waals surface area contributed by atoms with E-state index >= 15 is 0 Å². The van der Waals surface area contributed by atoms with Gasteiger partial charge in [-0.2, -0.15) is 0 Å². The molecule has 200 valence electrons. The minimum absolute atomic E-state index is 0.182. The number of hydrogen-bond donors (Lipinski definition) is 2. The minimum atomic E-state index is -3.38. The lowest BCUT2D eigenvalue weighted by molar-refractivity contribution is 0.174. The van der Waals surface area contributed by atoms with Crippen molar-refractivity contribution >= 4 is 44.4 Å². The summed E-state index contributed by atoms with van der Waals surface area (Å²) in [4.78, 5) is 12.4. The third-order valence-corrected chi connectivity index (χ3v) is 8.41. The molecule has 9 nitrogen and oxygen atoms in total. The molecule has 0 spiro atoms. The first kappa shape index (κ1) is 28.7. The molecule has 11 heteroatoms. The van der Waals surface area contributed by atoms with Crippen molar-refractivity contribution in [1.29, 1.82) is 5.41 Å². The van der Waals surface area contributed by atoms with E-state index in [1.54, 1.807) is 27.0 Å². The highest BCUT2D eigenvalue weighted by Crippen LogP contribution is 2.43. The molecular weight excluding hydrogens is 510 g/mol. The average molecular weight is 546 g/mol. The van der Waals surface area contributed by atoms with Crippen molar-refractivity contribution in [3.8, 4) is 11.5 Å². The zero-order valence-corrected chi connectivity index (χ0v) is 23.8. The van der Waals surface area contributed by atoms with Crippen molar-refractivity contribution in [3.63, 3.8) is 0 Å². The Morgan fingerprint density at radius 3 is 2.62 bits per heavy atom. The predicted octanol–water partition coefficient (Wildman–Crippen LogP) is 4.92. The lowest BCUT2D eigenvalue weighted by Gasteiger charge is -2.18. The van der Waals surface area contributed by atoms with E-state index in [9.17, 15) is 8.42 Å². The van der Waals surface area contributed by atoms with Gasteiger partial charge >= 0.3 is 0 Å². The summed E-state index contributed by atoms with van der Waals surface area (Å²) >= 11 is 1.46. The van der Waals surface area contributed by atoms with Gasteiger partial charge < -0.3 is 19.8 Å². The van der Waals surface area contributed by atoms with Crippen molar-refractivity contribution < 1.29 is 17.9 Å². The first-order valence-electron chi connectivity index (χ1n) is 12.0. The molecule has 0 fully saturated rings. The van der Waals surface area contributed by atoms with Crippen molar-refractivity contribution in [2.45, 2.75) is 50.7 Å². The van der Waals surface area contributed by atoms with Crippen LogP contribution in [0.15, 0.2) is 62.2 Å². The molecule has 3 rings (SSSR count). The van der Waals surface area contributed by atoms with Crippen molar-refractivity contribution in [3.05, 3.63) is 47.3 Å². The Kier molecular flexibility index (Phi) is 9.74. The maximum atomic E-state index is 12.3. The van der Waals surface area contributed by atoms with E-state index in [1.807, 2.05) is 56.3 Å². The zero-order chi connectivity index (χ0) is 27.2. The van der Waals surface area contributed by atoms with Gasteiger partial charge in [0.1, 0.15) is 10.7 Å². The monoisotopic (exact) mass is 545 g/mol. The number of nitrogens with one attached hydrogen (secondary N) is 2. The largest absolute Gasteiger partial charge is 0.454 e. The molecule has 0 unspecified atom stereocenters. The zero-order valence-electron chi connectivity index (χ0n) is 22.2. The number of ether oxygens (including phenoxy) is 2. The number of nitrogens with zero attached hydrogens (tertiary/aromatic N) is 3. The number of hydrogen-bond acceptors (Lipinski definition) is 9. The Balaban J connectivity index is 2.02. The highest BCUT2D eigenvalue weighted by Gasteiger charge is 2.22. The number of sulfonamides is 1. The van der Waals surface area contributed by atoms with Crippen molar-refractivity contribution in [2.75, 3.05) is 32.3 Å². The Bertz CT molecular complexity index is 1290. The van der Waals surface area contributed by atoms with Crippen LogP contribution in [-0.2, 0) is 10.0 Å². The fraction of sp³-hybridized carbons (Fsp3) is 0.423. The van der Waals surface area contributed by atoms with Gasteiger partial charge in [-0.1, -0.05) is 23.4 Å². The summed E-state index contributed by atoms with van der Waals surface area (Å²) < 4.78 is 38.4. The van der Waals surface area contributed by atoms with Gasteiger partial charge in [0.15, 0.2) is 11.5 Å². The maximum Gasteiger partial charge on any atom is 0.231 e. The van der Waals surface area contributed by atoms with E-state index in [1.165, 1.54) is 11.8 Å². The summed E-state index contributed by atoms with van der Waals surface area (Å²) in [5.41, 5.74) is 3.39. The van der Waals surface area contributed by atoms with Crippen LogP contribution < -0.4 is 19.1 Å². The molecule has 2 aliphatic heterocycles. The molecule has 0 saturated heterocycles. The molecule has 0 aliphatic carbocycles. The Morgan fingerprint density at radius 1 is 1.30 bits per heavy atom. The number of fused-ring (bicyclic) bond motifs is 1. The second kappa shape index (κ2) is 12.6. The van der Waals surface area contributed by atoms with Crippen LogP contribution in [0.2, 0.25) is 0 Å². The third-order valence-electron chi connectivity index (χ3n) is 5.60. The Morgan fingerprint density at radius 2 is 2.00 bits per heavy atom. The number of thioether (sulfide) groups is 1. The average Bonchev–Trinajstić information content (AvgIpc) is 3.20. The smallest absolute Gasteiger partial charge is 0.231 e. The van der Waals surface area contributed by atoms with Gasteiger partial charge in [0.05, 0.1) is 22.3 Å². The van der Waals surface area contributed by atoms with Crippen LogP contribution in [0.3, 0.4) is 0 Å². The van der Waals surface area contributed by atoms with E-state index in [4.69, 9.17) is 19.9 Å². The molecule has 0 aromatic heterocycles. The molecule has 2 aliphatic rings. The molecule has 2 heterocycles. The van der Waals surface area contributed by atoms with Crippen LogP contribution in [-0.4, -0.2) is 58.1 Å². The third kappa shape index (κ3) is 7.56. The standard InChI is InChI=1S/C26H35N5O4S2/c1-7-8-10-28-20-12-19(9-11-29-37(32,33)17(2)3)13-25(30-26(20)18(4)27)36-24-15-23-22(34-16-35-23)14-21(24)31(5)6/h7-8,10,13-15,17,27,29H,9,11-12,16H2,1-6H3/b8-7+,27-18?,28-10?.